The van der Waals surface area contributed by atoms with Gasteiger partial charge in [-0.3, -0.25) is 0 Å². The first-order valence-electron chi connectivity index (χ1n) is 6.43. The highest BCUT2D eigenvalue weighted by molar-refractivity contribution is 7.89. The molecule has 3 N–H and O–H groups in total. The van der Waals surface area contributed by atoms with E-state index in [1.54, 1.807) is 18.2 Å². The fraction of sp³-hybridized carbons (Fsp3) is 0.538. The Bertz CT molecular complexity index is 549. The molecule has 0 radical (unpaired) electrons. The van der Waals surface area contributed by atoms with Gasteiger partial charge in [0.2, 0.25) is 10.0 Å². The molecule has 0 spiro atoms. The number of hydrogen-bond donors (Lipinski definition) is 2. The first-order valence-corrected chi connectivity index (χ1v) is 7.87. The minimum Gasteiger partial charge on any atom is -0.393 e. The first kappa shape index (κ1) is 14.5. The third-order valence-electron chi connectivity index (χ3n) is 3.60. The van der Waals surface area contributed by atoms with Gasteiger partial charge in [-0.2, -0.15) is 4.31 Å². The van der Waals surface area contributed by atoms with E-state index in [0.717, 1.165) is 11.1 Å². The molecular weight excluding hydrogens is 264 g/mol. The Morgan fingerprint density at radius 2 is 2.00 bits per heavy atom. The Labute approximate surface area is 114 Å². The fourth-order valence-electron chi connectivity index (χ4n) is 2.29. The molecule has 0 amide bonds. The number of aliphatic hydroxyl groups excluding tert-OH is 1. The summed E-state index contributed by atoms with van der Waals surface area (Å²) in [6, 6.07) is 5.04. The van der Waals surface area contributed by atoms with Crippen molar-refractivity contribution >= 4 is 10.0 Å². The van der Waals surface area contributed by atoms with Crippen molar-refractivity contribution in [3.8, 4) is 0 Å². The molecule has 1 aromatic rings. The van der Waals surface area contributed by atoms with Crippen molar-refractivity contribution in [3.63, 3.8) is 0 Å². The summed E-state index contributed by atoms with van der Waals surface area (Å²) < 4.78 is 26.4. The Hall–Kier alpha value is -0.950. The van der Waals surface area contributed by atoms with Gasteiger partial charge in [-0.15, -0.1) is 0 Å². The number of nitrogens with two attached hydrogens (primary N) is 1. The maximum Gasteiger partial charge on any atom is 0.243 e. The van der Waals surface area contributed by atoms with E-state index in [9.17, 15) is 13.5 Å². The molecule has 2 rings (SSSR count). The van der Waals surface area contributed by atoms with Crippen molar-refractivity contribution in [3.05, 3.63) is 29.3 Å². The van der Waals surface area contributed by atoms with Crippen LogP contribution in [-0.4, -0.2) is 37.0 Å². The van der Waals surface area contributed by atoms with E-state index >= 15 is 0 Å². The zero-order valence-corrected chi connectivity index (χ0v) is 11.9. The summed E-state index contributed by atoms with van der Waals surface area (Å²) in [4.78, 5) is 0.304. The lowest BCUT2D eigenvalue weighted by Gasteiger charge is -2.28. The molecule has 0 unspecified atom stereocenters. The average Bonchev–Trinajstić information content (AvgIpc) is 2.39. The van der Waals surface area contributed by atoms with Gasteiger partial charge in [-0.05, 0) is 43.0 Å². The predicted octanol–water partition coefficient (Wildman–Crippen LogP) is 0.599. The summed E-state index contributed by atoms with van der Waals surface area (Å²) in [5.41, 5.74) is 7.42. The average molecular weight is 284 g/mol. The molecule has 1 saturated heterocycles. The number of aliphatic hydroxyl groups is 1. The van der Waals surface area contributed by atoms with Gasteiger partial charge in [0.1, 0.15) is 0 Å². The smallest absolute Gasteiger partial charge is 0.243 e. The normalized spacial score (nSPS) is 18.7. The topological polar surface area (TPSA) is 83.6 Å². The van der Waals surface area contributed by atoms with Crippen LogP contribution in [0.1, 0.15) is 24.0 Å². The van der Waals surface area contributed by atoms with Crippen LogP contribution in [0.2, 0.25) is 0 Å². The second-order valence-corrected chi connectivity index (χ2v) is 6.87. The molecule has 1 heterocycles. The fourth-order valence-corrected chi connectivity index (χ4v) is 3.84. The molecule has 0 bridgehead atoms. The lowest BCUT2D eigenvalue weighted by Crippen LogP contribution is -2.40. The van der Waals surface area contributed by atoms with E-state index in [2.05, 4.69) is 0 Å². The minimum atomic E-state index is -3.45. The standard InChI is InChI=1S/C13H20N2O3S/c1-10-8-13(3-2-11(10)9-14)19(17,18)15-6-4-12(16)5-7-15/h2-3,8,12,16H,4-7,9,14H2,1H3. The number of rotatable bonds is 3. The van der Waals surface area contributed by atoms with Crippen LogP contribution in [0.3, 0.4) is 0 Å². The first-order chi connectivity index (χ1) is 8.95. The number of hydrogen-bond acceptors (Lipinski definition) is 4. The predicted molar refractivity (Wildman–Crippen MR) is 73.1 cm³/mol. The lowest BCUT2D eigenvalue weighted by molar-refractivity contribution is 0.113. The molecule has 0 atom stereocenters. The van der Waals surface area contributed by atoms with Gasteiger partial charge in [0.15, 0.2) is 0 Å². The number of nitrogens with zero attached hydrogens (tertiary/aromatic N) is 1. The lowest BCUT2D eigenvalue weighted by atomic mass is 10.1. The highest BCUT2D eigenvalue weighted by atomic mass is 32.2. The van der Waals surface area contributed by atoms with Gasteiger partial charge in [-0.25, -0.2) is 8.42 Å². The zero-order chi connectivity index (χ0) is 14.0. The Kier molecular flexibility index (Phi) is 4.25. The number of piperidine rings is 1. The molecule has 0 aliphatic carbocycles. The van der Waals surface area contributed by atoms with Gasteiger partial charge < -0.3 is 10.8 Å². The summed E-state index contributed by atoms with van der Waals surface area (Å²) in [6.07, 6.45) is 0.617. The third kappa shape index (κ3) is 2.97. The van der Waals surface area contributed by atoms with Crippen molar-refractivity contribution in [2.75, 3.05) is 13.1 Å². The van der Waals surface area contributed by atoms with Crippen LogP contribution in [0.15, 0.2) is 23.1 Å². The molecule has 106 valence electrons. The summed E-state index contributed by atoms with van der Waals surface area (Å²) in [5.74, 6) is 0. The van der Waals surface area contributed by atoms with Gasteiger partial charge in [0.05, 0.1) is 11.0 Å². The largest absolute Gasteiger partial charge is 0.393 e. The second kappa shape index (κ2) is 5.58. The van der Waals surface area contributed by atoms with E-state index in [1.807, 2.05) is 6.92 Å². The quantitative estimate of drug-likeness (QED) is 0.851. The van der Waals surface area contributed by atoms with Gasteiger partial charge in [-0.1, -0.05) is 6.07 Å². The maximum atomic E-state index is 12.5. The molecule has 0 saturated carbocycles. The molecule has 1 aromatic carbocycles. The summed E-state index contributed by atoms with van der Waals surface area (Å²) in [6.45, 7) is 3.02. The van der Waals surface area contributed by atoms with Crippen molar-refractivity contribution in [1.82, 2.24) is 4.31 Å². The van der Waals surface area contributed by atoms with Crippen LogP contribution >= 0.6 is 0 Å². The van der Waals surface area contributed by atoms with Crippen LogP contribution in [0.5, 0.6) is 0 Å². The van der Waals surface area contributed by atoms with Crippen molar-refractivity contribution < 1.29 is 13.5 Å². The Morgan fingerprint density at radius 3 is 2.53 bits per heavy atom. The molecule has 5 nitrogen and oxygen atoms in total. The molecule has 1 fully saturated rings. The van der Waals surface area contributed by atoms with Crippen LogP contribution < -0.4 is 5.73 Å². The van der Waals surface area contributed by atoms with Crippen molar-refractivity contribution in [1.29, 1.82) is 0 Å². The van der Waals surface area contributed by atoms with Crippen LogP contribution in [0, 0.1) is 6.92 Å². The van der Waals surface area contributed by atoms with E-state index < -0.39 is 10.0 Å². The van der Waals surface area contributed by atoms with Gasteiger partial charge in [0.25, 0.3) is 0 Å². The second-order valence-electron chi connectivity index (χ2n) is 4.93. The SMILES string of the molecule is Cc1cc(S(=O)(=O)N2CCC(O)CC2)ccc1CN. The molecule has 0 aromatic heterocycles. The van der Waals surface area contributed by atoms with Crippen molar-refractivity contribution in [2.45, 2.75) is 37.3 Å². The van der Waals surface area contributed by atoms with Crippen LogP contribution in [0.25, 0.3) is 0 Å². The summed E-state index contributed by atoms with van der Waals surface area (Å²) in [5, 5.41) is 9.44. The zero-order valence-electron chi connectivity index (χ0n) is 11.0. The molecule has 1 aliphatic heterocycles. The van der Waals surface area contributed by atoms with Gasteiger partial charge in [0, 0.05) is 19.6 Å². The van der Waals surface area contributed by atoms with Crippen LogP contribution in [0.4, 0.5) is 0 Å². The summed E-state index contributed by atoms with van der Waals surface area (Å²) >= 11 is 0. The molecule has 6 heteroatoms. The third-order valence-corrected chi connectivity index (χ3v) is 5.49. The van der Waals surface area contributed by atoms with Gasteiger partial charge >= 0.3 is 0 Å². The Morgan fingerprint density at radius 1 is 1.37 bits per heavy atom. The van der Waals surface area contributed by atoms with E-state index in [-0.39, 0.29) is 6.10 Å². The minimum absolute atomic E-state index is 0.304. The van der Waals surface area contributed by atoms with Crippen LogP contribution in [-0.2, 0) is 16.6 Å². The van der Waals surface area contributed by atoms with E-state index in [4.69, 9.17) is 5.73 Å². The highest BCUT2D eigenvalue weighted by Gasteiger charge is 2.28. The number of benzene rings is 1. The number of aryl methyl sites for hydroxylation is 1. The van der Waals surface area contributed by atoms with Crippen molar-refractivity contribution in [2.24, 2.45) is 5.73 Å². The highest BCUT2D eigenvalue weighted by Crippen LogP contribution is 2.22. The summed E-state index contributed by atoms with van der Waals surface area (Å²) in [7, 11) is -3.45. The van der Waals surface area contributed by atoms with E-state index in [0.29, 0.717) is 37.4 Å². The maximum absolute atomic E-state index is 12.5. The Balaban J connectivity index is 2.27. The number of sulfonamides is 1. The molecule has 19 heavy (non-hydrogen) atoms. The van der Waals surface area contributed by atoms with E-state index in [1.165, 1.54) is 4.31 Å². The monoisotopic (exact) mass is 284 g/mol. The molecular formula is C13H20N2O3S. The molecule has 1 aliphatic rings.